The van der Waals surface area contributed by atoms with Crippen molar-refractivity contribution in [1.82, 2.24) is 5.32 Å². The van der Waals surface area contributed by atoms with Crippen LogP contribution in [-0.2, 0) is 6.54 Å². The van der Waals surface area contributed by atoms with Gasteiger partial charge in [0.05, 0.1) is 0 Å². The zero-order chi connectivity index (χ0) is 13.8. The van der Waals surface area contributed by atoms with Crippen LogP contribution >= 0.6 is 23.2 Å². The molecule has 0 radical (unpaired) electrons. The Balaban J connectivity index is 2.02. The van der Waals surface area contributed by atoms with Crippen LogP contribution in [0.5, 0.6) is 0 Å². The van der Waals surface area contributed by atoms with Gasteiger partial charge in [-0.1, -0.05) is 35.3 Å². The first kappa shape index (κ1) is 14.3. The van der Waals surface area contributed by atoms with Gasteiger partial charge in [0.25, 0.3) is 0 Å². The molecule has 100 valence electrons. The lowest BCUT2D eigenvalue weighted by atomic mass is 10.1. The summed E-state index contributed by atoms with van der Waals surface area (Å²) in [6.07, 6.45) is 0. The van der Waals surface area contributed by atoms with E-state index in [1.807, 2.05) is 31.2 Å². The Labute approximate surface area is 122 Å². The lowest BCUT2D eigenvalue weighted by Crippen LogP contribution is -2.18. The second kappa shape index (κ2) is 6.38. The fourth-order valence-electron chi connectivity index (χ4n) is 1.88. The highest BCUT2D eigenvalue weighted by atomic mass is 35.5. The average molecular weight is 298 g/mol. The maximum Gasteiger partial charge on any atom is 0.125 e. The molecule has 0 spiro atoms. The molecule has 2 rings (SSSR count). The van der Waals surface area contributed by atoms with Crippen LogP contribution in [0.2, 0.25) is 10.0 Å². The molecule has 0 heterocycles. The molecule has 0 aliphatic rings. The van der Waals surface area contributed by atoms with Crippen LogP contribution in [0.15, 0.2) is 42.5 Å². The first-order chi connectivity index (χ1) is 9.04. The number of hydrogen-bond donors (Lipinski definition) is 1. The highest BCUT2D eigenvalue weighted by Gasteiger charge is 2.06. The number of benzene rings is 2. The molecule has 0 saturated heterocycles. The zero-order valence-corrected chi connectivity index (χ0v) is 12.0. The van der Waals surface area contributed by atoms with E-state index in [1.165, 1.54) is 12.1 Å². The van der Waals surface area contributed by atoms with Gasteiger partial charge in [-0.2, -0.15) is 0 Å². The van der Waals surface area contributed by atoms with Crippen molar-refractivity contribution in [3.63, 3.8) is 0 Å². The van der Waals surface area contributed by atoms with Gasteiger partial charge in [0.2, 0.25) is 0 Å². The van der Waals surface area contributed by atoms with E-state index in [0.29, 0.717) is 16.6 Å². The Morgan fingerprint density at radius 2 is 1.89 bits per heavy atom. The molecule has 0 amide bonds. The van der Waals surface area contributed by atoms with Crippen molar-refractivity contribution < 1.29 is 4.39 Å². The molecule has 4 heteroatoms. The van der Waals surface area contributed by atoms with E-state index in [4.69, 9.17) is 23.2 Å². The third-order valence-corrected chi connectivity index (χ3v) is 3.34. The number of halogens is 3. The minimum absolute atomic E-state index is 0.126. The molecule has 0 bridgehead atoms. The molecule has 0 aliphatic heterocycles. The van der Waals surface area contributed by atoms with Crippen molar-refractivity contribution >= 4 is 23.2 Å². The Morgan fingerprint density at radius 3 is 2.58 bits per heavy atom. The molecule has 0 fully saturated rings. The molecule has 0 aliphatic carbocycles. The van der Waals surface area contributed by atoms with Crippen molar-refractivity contribution in [3.05, 3.63) is 69.5 Å². The molecule has 0 saturated carbocycles. The number of nitrogens with one attached hydrogen (secondary N) is 1. The van der Waals surface area contributed by atoms with E-state index in [2.05, 4.69) is 5.32 Å². The average Bonchev–Trinajstić information content (AvgIpc) is 2.35. The lowest BCUT2D eigenvalue weighted by molar-refractivity contribution is 0.569. The summed E-state index contributed by atoms with van der Waals surface area (Å²) in [6, 6.07) is 12.3. The van der Waals surface area contributed by atoms with Crippen LogP contribution in [0.25, 0.3) is 0 Å². The molecule has 0 unspecified atom stereocenters. The van der Waals surface area contributed by atoms with Crippen LogP contribution in [0.1, 0.15) is 24.1 Å². The Kier molecular flexibility index (Phi) is 4.81. The number of rotatable bonds is 4. The standard InChI is InChI=1S/C15H14Cl2FN/c1-10(12-3-2-4-13(16)7-12)19-9-11-5-14(17)8-15(18)6-11/h2-8,10,19H,9H2,1H3/t10-/m1/s1. The molecule has 2 aromatic rings. The van der Waals surface area contributed by atoms with Crippen LogP contribution < -0.4 is 5.32 Å². The maximum absolute atomic E-state index is 13.2. The highest BCUT2D eigenvalue weighted by molar-refractivity contribution is 6.30. The first-order valence-corrected chi connectivity index (χ1v) is 6.74. The quantitative estimate of drug-likeness (QED) is 0.839. The van der Waals surface area contributed by atoms with E-state index >= 15 is 0 Å². The fourth-order valence-corrected chi connectivity index (χ4v) is 2.32. The summed E-state index contributed by atoms with van der Waals surface area (Å²) in [6.45, 7) is 2.58. The molecule has 1 N–H and O–H groups in total. The van der Waals surface area contributed by atoms with Gasteiger partial charge in [-0.3, -0.25) is 0 Å². The summed E-state index contributed by atoms with van der Waals surface area (Å²) in [7, 11) is 0. The Hall–Kier alpha value is -1.09. The molecule has 2 aromatic carbocycles. The van der Waals surface area contributed by atoms with Crippen molar-refractivity contribution in [3.8, 4) is 0 Å². The zero-order valence-electron chi connectivity index (χ0n) is 10.5. The Bertz CT molecular complexity index is 552. The van der Waals surface area contributed by atoms with E-state index in [-0.39, 0.29) is 11.9 Å². The minimum Gasteiger partial charge on any atom is -0.306 e. The predicted octanol–water partition coefficient (Wildman–Crippen LogP) is 4.98. The van der Waals surface area contributed by atoms with Gasteiger partial charge in [-0.25, -0.2) is 4.39 Å². The molecule has 1 nitrogen and oxygen atoms in total. The van der Waals surface area contributed by atoms with Crippen molar-refractivity contribution in [2.75, 3.05) is 0 Å². The SMILES string of the molecule is C[C@@H](NCc1cc(F)cc(Cl)c1)c1cccc(Cl)c1. The Morgan fingerprint density at radius 1 is 1.11 bits per heavy atom. The van der Waals surface area contributed by atoms with E-state index in [9.17, 15) is 4.39 Å². The van der Waals surface area contributed by atoms with Gasteiger partial charge in [-0.05, 0) is 48.4 Å². The fraction of sp³-hybridized carbons (Fsp3) is 0.200. The lowest BCUT2D eigenvalue weighted by Gasteiger charge is -2.14. The normalized spacial score (nSPS) is 12.4. The van der Waals surface area contributed by atoms with Gasteiger partial charge < -0.3 is 5.32 Å². The van der Waals surface area contributed by atoms with Gasteiger partial charge in [-0.15, -0.1) is 0 Å². The molecule has 19 heavy (non-hydrogen) atoms. The van der Waals surface area contributed by atoms with E-state index < -0.39 is 0 Å². The molecular formula is C15H14Cl2FN. The largest absolute Gasteiger partial charge is 0.306 e. The maximum atomic E-state index is 13.2. The van der Waals surface area contributed by atoms with Crippen LogP contribution in [-0.4, -0.2) is 0 Å². The third-order valence-electron chi connectivity index (χ3n) is 2.88. The third kappa shape index (κ3) is 4.20. The van der Waals surface area contributed by atoms with Gasteiger partial charge >= 0.3 is 0 Å². The second-order valence-corrected chi connectivity index (χ2v) is 5.31. The molecular weight excluding hydrogens is 284 g/mol. The minimum atomic E-state index is -0.320. The van der Waals surface area contributed by atoms with Crippen LogP contribution in [0.3, 0.4) is 0 Å². The summed E-state index contributed by atoms with van der Waals surface area (Å²) in [5.74, 6) is -0.320. The monoisotopic (exact) mass is 297 g/mol. The van der Waals surface area contributed by atoms with Crippen molar-refractivity contribution in [2.24, 2.45) is 0 Å². The first-order valence-electron chi connectivity index (χ1n) is 5.98. The molecule has 1 atom stereocenters. The summed E-state index contributed by atoms with van der Waals surface area (Å²) in [5.41, 5.74) is 1.91. The second-order valence-electron chi connectivity index (χ2n) is 4.44. The summed E-state index contributed by atoms with van der Waals surface area (Å²) in [4.78, 5) is 0. The smallest absolute Gasteiger partial charge is 0.125 e. The summed E-state index contributed by atoms with van der Waals surface area (Å²) < 4.78 is 13.2. The topological polar surface area (TPSA) is 12.0 Å². The molecule has 0 aromatic heterocycles. The van der Waals surface area contributed by atoms with Gasteiger partial charge in [0.15, 0.2) is 0 Å². The summed E-state index contributed by atoms with van der Waals surface area (Å²) >= 11 is 11.8. The number of hydrogen-bond acceptors (Lipinski definition) is 1. The van der Waals surface area contributed by atoms with Crippen LogP contribution in [0, 0.1) is 5.82 Å². The van der Waals surface area contributed by atoms with Crippen molar-refractivity contribution in [1.29, 1.82) is 0 Å². The predicted molar refractivity (Wildman–Crippen MR) is 78.1 cm³/mol. The van der Waals surface area contributed by atoms with E-state index in [1.54, 1.807) is 6.07 Å². The van der Waals surface area contributed by atoms with Crippen molar-refractivity contribution in [2.45, 2.75) is 19.5 Å². The van der Waals surface area contributed by atoms with E-state index in [0.717, 1.165) is 11.1 Å². The van der Waals surface area contributed by atoms with Gasteiger partial charge in [0.1, 0.15) is 5.82 Å². The van der Waals surface area contributed by atoms with Gasteiger partial charge in [0, 0.05) is 22.6 Å². The highest BCUT2D eigenvalue weighted by Crippen LogP contribution is 2.19. The van der Waals surface area contributed by atoms with Crippen LogP contribution in [0.4, 0.5) is 4.39 Å². The summed E-state index contributed by atoms with van der Waals surface area (Å²) in [5, 5.41) is 4.43.